The Kier molecular flexibility index (Phi) is 4.00. The Morgan fingerprint density at radius 2 is 2.24 bits per heavy atom. The third-order valence-corrected chi connectivity index (χ3v) is 3.29. The average molecular weight is 237 g/mol. The number of rotatable bonds is 4. The third-order valence-electron chi connectivity index (χ3n) is 3.29. The number of hydrogen-bond acceptors (Lipinski definition) is 2. The van der Waals surface area contributed by atoms with E-state index in [1.165, 1.54) is 12.1 Å². The molecule has 1 aromatic rings. The molecule has 0 aliphatic carbocycles. The molecular weight excluding hydrogens is 217 g/mol. The van der Waals surface area contributed by atoms with Gasteiger partial charge in [0, 0.05) is 18.5 Å². The quantitative estimate of drug-likeness (QED) is 0.869. The van der Waals surface area contributed by atoms with Crippen molar-refractivity contribution in [2.75, 3.05) is 13.1 Å². The minimum Gasteiger partial charge on any atom is -0.490 e. The van der Waals surface area contributed by atoms with Gasteiger partial charge in [-0.1, -0.05) is 19.9 Å². The molecule has 0 bridgehead atoms. The summed E-state index contributed by atoms with van der Waals surface area (Å²) in [6, 6.07) is 6.40. The molecule has 1 aliphatic heterocycles. The maximum atomic E-state index is 13.1. The summed E-state index contributed by atoms with van der Waals surface area (Å²) in [6.07, 6.45) is 1.30. The number of benzene rings is 1. The first-order chi connectivity index (χ1) is 8.16. The average Bonchev–Trinajstić information content (AvgIpc) is 2.78. The van der Waals surface area contributed by atoms with Crippen molar-refractivity contribution in [2.45, 2.75) is 26.4 Å². The Bertz CT molecular complexity index is 361. The Morgan fingerprint density at radius 1 is 1.41 bits per heavy atom. The van der Waals surface area contributed by atoms with Crippen LogP contribution in [0.2, 0.25) is 0 Å². The fourth-order valence-electron chi connectivity index (χ4n) is 2.43. The Hall–Kier alpha value is -1.09. The maximum Gasteiger partial charge on any atom is 0.126 e. The van der Waals surface area contributed by atoms with Gasteiger partial charge in [0.15, 0.2) is 0 Å². The second-order valence-corrected chi connectivity index (χ2v) is 5.04. The van der Waals surface area contributed by atoms with Crippen LogP contribution < -0.4 is 10.1 Å². The molecule has 0 saturated carbocycles. The van der Waals surface area contributed by atoms with E-state index in [-0.39, 0.29) is 11.9 Å². The van der Waals surface area contributed by atoms with E-state index in [0.717, 1.165) is 19.5 Å². The van der Waals surface area contributed by atoms with Gasteiger partial charge >= 0.3 is 0 Å². The summed E-state index contributed by atoms with van der Waals surface area (Å²) in [5, 5.41) is 3.35. The molecule has 1 aliphatic rings. The first-order valence-corrected chi connectivity index (χ1v) is 6.30. The van der Waals surface area contributed by atoms with Crippen molar-refractivity contribution in [1.29, 1.82) is 0 Å². The zero-order valence-electron chi connectivity index (χ0n) is 10.4. The minimum absolute atomic E-state index is 0.159. The summed E-state index contributed by atoms with van der Waals surface area (Å²) in [4.78, 5) is 0. The molecule has 3 heteroatoms. The standard InChI is InChI=1S/C14H20FNO/c1-10(2)14(11-6-7-16-9-11)17-13-5-3-4-12(15)8-13/h3-5,8,10-11,14,16H,6-7,9H2,1-2H3/t11-,14-/m0/s1. The third kappa shape index (κ3) is 3.19. The van der Waals surface area contributed by atoms with Gasteiger partial charge in [0.2, 0.25) is 0 Å². The smallest absolute Gasteiger partial charge is 0.126 e. The van der Waals surface area contributed by atoms with Crippen LogP contribution in [0, 0.1) is 17.7 Å². The molecule has 0 radical (unpaired) electrons. The van der Waals surface area contributed by atoms with Crippen molar-refractivity contribution in [1.82, 2.24) is 5.32 Å². The van der Waals surface area contributed by atoms with Crippen molar-refractivity contribution in [3.63, 3.8) is 0 Å². The van der Waals surface area contributed by atoms with Gasteiger partial charge in [-0.25, -0.2) is 4.39 Å². The number of nitrogens with one attached hydrogen (secondary N) is 1. The van der Waals surface area contributed by atoms with Crippen LogP contribution in [0.3, 0.4) is 0 Å². The molecule has 2 atom stereocenters. The molecule has 2 rings (SSSR count). The highest BCUT2D eigenvalue weighted by Gasteiger charge is 2.28. The lowest BCUT2D eigenvalue weighted by atomic mass is 9.92. The molecule has 17 heavy (non-hydrogen) atoms. The SMILES string of the molecule is CC(C)[C@H](Oc1cccc(F)c1)[C@H]1CCNC1. The van der Waals surface area contributed by atoms with Gasteiger partial charge in [-0.05, 0) is 31.0 Å². The Morgan fingerprint density at radius 3 is 2.82 bits per heavy atom. The molecule has 0 aromatic heterocycles. The molecule has 94 valence electrons. The number of hydrogen-bond donors (Lipinski definition) is 1. The highest BCUT2D eigenvalue weighted by Crippen LogP contribution is 2.25. The first kappa shape index (κ1) is 12.4. The van der Waals surface area contributed by atoms with Gasteiger partial charge in [0.1, 0.15) is 17.7 Å². The van der Waals surface area contributed by atoms with Crippen LogP contribution in [0.4, 0.5) is 4.39 Å². The first-order valence-electron chi connectivity index (χ1n) is 6.30. The lowest BCUT2D eigenvalue weighted by Crippen LogP contribution is -2.33. The van der Waals surface area contributed by atoms with E-state index in [9.17, 15) is 4.39 Å². The summed E-state index contributed by atoms with van der Waals surface area (Å²) < 4.78 is 19.1. The molecule has 2 nitrogen and oxygen atoms in total. The lowest BCUT2D eigenvalue weighted by molar-refractivity contribution is 0.0970. The second-order valence-electron chi connectivity index (χ2n) is 5.04. The van der Waals surface area contributed by atoms with Crippen LogP contribution in [-0.4, -0.2) is 19.2 Å². The molecule has 1 fully saturated rings. The lowest BCUT2D eigenvalue weighted by Gasteiger charge is -2.27. The predicted octanol–water partition coefficient (Wildman–Crippen LogP) is 2.84. The fraction of sp³-hybridized carbons (Fsp3) is 0.571. The molecule has 0 amide bonds. The van der Waals surface area contributed by atoms with Gasteiger partial charge in [-0.2, -0.15) is 0 Å². The van der Waals surface area contributed by atoms with Crippen LogP contribution >= 0.6 is 0 Å². The summed E-state index contributed by atoms with van der Waals surface area (Å²) in [7, 11) is 0. The van der Waals surface area contributed by atoms with E-state index in [1.54, 1.807) is 6.07 Å². The molecule has 1 N–H and O–H groups in total. The fourth-order valence-corrected chi connectivity index (χ4v) is 2.43. The molecule has 1 aromatic carbocycles. The van der Waals surface area contributed by atoms with Crippen LogP contribution in [-0.2, 0) is 0 Å². The van der Waals surface area contributed by atoms with Crippen LogP contribution in [0.1, 0.15) is 20.3 Å². The van der Waals surface area contributed by atoms with Crippen molar-refractivity contribution in [3.8, 4) is 5.75 Å². The van der Waals surface area contributed by atoms with Gasteiger partial charge in [-0.15, -0.1) is 0 Å². The van der Waals surface area contributed by atoms with Gasteiger partial charge in [0.25, 0.3) is 0 Å². The number of halogens is 1. The van der Waals surface area contributed by atoms with Gasteiger partial charge in [-0.3, -0.25) is 0 Å². The van der Waals surface area contributed by atoms with Crippen molar-refractivity contribution < 1.29 is 9.13 Å². The van der Waals surface area contributed by atoms with E-state index in [2.05, 4.69) is 19.2 Å². The summed E-state index contributed by atoms with van der Waals surface area (Å²) >= 11 is 0. The van der Waals surface area contributed by atoms with Crippen molar-refractivity contribution in [3.05, 3.63) is 30.1 Å². The Labute approximate surface area is 102 Å². The van der Waals surface area contributed by atoms with Gasteiger partial charge in [0.05, 0.1) is 0 Å². The predicted molar refractivity (Wildman–Crippen MR) is 66.6 cm³/mol. The van der Waals surface area contributed by atoms with E-state index < -0.39 is 0 Å². The molecule has 0 spiro atoms. The molecule has 1 heterocycles. The summed E-state index contributed by atoms with van der Waals surface area (Å²) in [5.41, 5.74) is 0. The highest BCUT2D eigenvalue weighted by atomic mass is 19.1. The second kappa shape index (κ2) is 5.50. The molecule has 1 saturated heterocycles. The summed E-state index contributed by atoms with van der Waals surface area (Å²) in [5.74, 6) is 1.35. The minimum atomic E-state index is -0.241. The van der Waals surface area contributed by atoms with E-state index in [4.69, 9.17) is 4.74 Å². The topological polar surface area (TPSA) is 21.3 Å². The van der Waals surface area contributed by atoms with E-state index in [0.29, 0.717) is 17.6 Å². The van der Waals surface area contributed by atoms with Crippen LogP contribution in [0.15, 0.2) is 24.3 Å². The van der Waals surface area contributed by atoms with E-state index >= 15 is 0 Å². The number of ether oxygens (including phenoxy) is 1. The zero-order valence-corrected chi connectivity index (χ0v) is 10.4. The van der Waals surface area contributed by atoms with Crippen LogP contribution in [0.5, 0.6) is 5.75 Å². The monoisotopic (exact) mass is 237 g/mol. The molecule has 0 unspecified atom stereocenters. The van der Waals surface area contributed by atoms with Crippen molar-refractivity contribution >= 4 is 0 Å². The highest BCUT2D eigenvalue weighted by molar-refractivity contribution is 5.22. The van der Waals surface area contributed by atoms with Gasteiger partial charge < -0.3 is 10.1 Å². The largest absolute Gasteiger partial charge is 0.490 e. The zero-order chi connectivity index (χ0) is 12.3. The Balaban J connectivity index is 2.07. The van der Waals surface area contributed by atoms with Crippen LogP contribution in [0.25, 0.3) is 0 Å². The van der Waals surface area contributed by atoms with E-state index in [1.807, 2.05) is 6.07 Å². The van der Waals surface area contributed by atoms with Crippen molar-refractivity contribution in [2.24, 2.45) is 11.8 Å². The molecular formula is C14H20FNO. The summed E-state index contributed by atoms with van der Waals surface area (Å²) in [6.45, 7) is 6.36. The maximum absolute atomic E-state index is 13.1. The normalized spacial score (nSPS) is 21.8.